The van der Waals surface area contributed by atoms with Crippen LogP contribution in [0.4, 0.5) is 0 Å². The van der Waals surface area contributed by atoms with Crippen molar-refractivity contribution in [3.8, 4) is 0 Å². The monoisotopic (exact) mass is 896 g/mol. The fourth-order valence-electron chi connectivity index (χ4n) is 7.65. The summed E-state index contributed by atoms with van der Waals surface area (Å²) in [6.07, 6.45) is 56.8. The highest BCUT2D eigenvalue weighted by Crippen LogP contribution is 2.43. The van der Waals surface area contributed by atoms with Crippen LogP contribution < -0.4 is 5.32 Å². The Hall–Kier alpha value is -1.28. The molecule has 9 heteroatoms. The lowest BCUT2D eigenvalue weighted by Gasteiger charge is -2.25. The SMILES string of the molecule is CCCC/C=C/CC/C=C/CC/C=C/C(O)C(COP(=O)(O)OCC[N+](C)(C)C)NC(=O)CCCCCCCCCCCCCCCCCCCCCCCCCCCCCC. The smallest absolute Gasteiger partial charge is 0.387 e. The molecule has 1 amide bonds. The molecule has 8 nitrogen and oxygen atoms in total. The van der Waals surface area contributed by atoms with Crippen LogP contribution in [0, 0.1) is 0 Å². The minimum absolute atomic E-state index is 0.0546. The van der Waals surface area contributed by atoms with Gasteiger partial charge in [0.05, 0.1) is 39.9 Å². The number of nitrogens with one attached hydrogen (secondary N) is 1. The first-order valence-electron chi connectivity index (χ1n) is 26.4. The van der Waals surface area contributed by atoms with Gasteiger partial charge in [0.1, 0.15) is 13.2 Å². The Labute approximate surface area is 385 Å². The number of carbonyl (C=O) groups excluding carboxylic acids is 1. The van der Waals surface area contributed by atoms with Crippen molar-refractivity contribution in [3.63, 3.8) is 0 Å². The minimum atomic E-state index is -4.35. The Morgan fingerprint density at radius 3 is 1.27 bits per heavy atom. The van der Waals surface area contributed by atoms with E-state index in [-0.39, 0.29) is 19.1 Å². The minimum Gasteiger partial charge on any atom is -0.387 e. The van der Waals surface area contributed by atoms with Gasteiger partial charge in [0.25, 0.3) is 0 Å². The fraction of sp³-hybridized carbons (Fsp3) is 0.868. The number of likely N-dealkylation sites (N-methyl/N-ethyl adjacent to an activating group) is 1. The van der Waals surface area contributed by atoms with Crippen LogP contribution in [0.25, 0.3) is 0 Å². The molecule has 0 rings (SSSR count). The summed E-state index contributed by atoms with van der Waals surface area (Å²) >= 11 is 0. The Kier molecular flexibility index (Phi) is 44.0. The van der Waals surface area contributed by atoms with Crippen LogP contribution in [0.1, 0.15) is 245 Å². The molecule has 0 heterocycles. The van der Waals surface area contributed by atoms with Crippen LogP contribution in [0.15, 0.2) is 36.5 Å². The van der Waals surface area contributed by atoms with E-state index < -0.39 is 20.0 Å². The van der Waals surface area contributed by atoms with E-state index in [1.165, 1.54) is 173 Å². The first-order chi connectivity index (χ1) is 30.0. The van der Waals surface area contributed by atoms with Crippen molar-refractivity contribution in [1.82, 2.24) is 5.32 Å². The zero-order chi connectivity index (χ0) is 45.7. The molecule has 366 valence electrons. The summed E-state index contributed by atoms with van der Waals surface area (Å²) in [5.41, 5.74) is 0. The molecule has 3 unspecified atom stereocenters. The van der Waals surface area contributed by atoms with Gasteiger partial charge in [0.2, 0.25) is 5.91 Å². The lowest BCUT2D eigenvalue weighted by molar-refractivity contribution is -0.870. The molecule has 3 atom stereocenters. The molecule has 0 aromatic carbocycles. The van der Waals surface area contributed by atoms with Crippen LogP contribution in [0.3, 0.4) is 0 Å². The summed E-state index contributed by atoms with van der Waals surface area (Å²) in [4.78, 5) is 23.2. The second kappa shape index (κ2) is 44.9. The predicted octanol–water partition coefficient (Wildman–Crippen LogP) is 15.4. The maximum atomic E-state index is 12.9. The molecular weight excluding hydrogens is 792 g/mol. The summed E-state index contributed by atoms with van der Waals surface area (Å²) in [5.74, 6) is -0.189. The Morgan fingerprint density at radius 2 is 0.887 bits per heavy atom. The van der Waals surface area contributed by atoms with Gasteiger partial charge in [-0.25, -0.2) is 4.57 Å². The normalized spacial score (nSPS) is 14.4. The summed E-state index contributed by atoms with van der Waals surface area (Å²) < 4.78 is 23.6. The Balaban J connectivity index is 4.09. The standard InChI is InChI=1S/C53H103N2O6P/c1-6-8-10-12-14-16-18-20-21-22-23-24-25-26-27-28-29-30-31-32-33-34-35-37-39-41-43-45-47-53(57)54-51(50-61-62(58,59)60-49-48-55(3,4)5)52(56)46-44-42-40-38-36-19-17-15-13-11-9-7-2/h13,15,36,38,44,46,51-52,56H,6-12,14,16-35,37,39-43,45,47-50H2,1-5H3,(H-,54,57,58,59)/p+1/b15-13+,38-36+,46-44+. The van der Waals surface area contributed by atoms with E-state index in [4.69, 9.17) is 9.05 Å². The van der Waals surface area contributed by atoms with E-state index in [1.54, 1.807) is 6.08 Å². The summed E-state index contributed by atoms with van der Waals surface area (Å²) in [5, 5.41) is 13.8. The van der Waals surface area contributed by atoms with Crippen LogP contribution in [-0.4, -0.2) is 73.4 Å². The van der Waals surface area contributed by atoms with Crippen molar-refractivity contribution in [2.24, 2.45) is 0 Å². The second-order valence-electron chi connectivity index (χ2n) is 19.2. The maximum absolute atomic E-state index is 12.9. The van der Waals surface area contributed by atoms with Crippen molar-refractivity contribution in [3.05, 3.63) is 36.5 Å². The number of phosphoric acid groups is 1. The van der Waals surface area contributed by atoms with Gasteiger partial charge >= 0.3 is 7.82 Å². The lowest BCUT2D eigenvalue weighted by Crippen LogP contribution is -2.45. The van der Waals surface area contributed by atoms with Crippen molar-refractivity contribution in [1.29, 1.82) is 0 Å². The van der Waals surface area contributed by atoms with E-state index in [1.807, 2.05) is 27.2 Å². The van der Waals surface area contributed by atoms with Gasteiger partial charge in [0.15, 0.2) is 0 Å². The summed E-state index contributed by atoms with van der Waals surface area (Å²) in [6.45, 7) is 4.75. The molecule has 0 bridgehead atoms. The first-order valence-corrected chi connectivity index (χ1v) is 27.9. The largest absolute Gasteiger partial charge is 0.472 e. The van der Waals surface area contributed by atoms with Gasteiger partial charge in [0, 0.05) is 6.42 Å². The molecule has 0 spiro atoms. The number of hydrogen-bond acceptors (Lipinski definition) is 5. The number of carbonyl (C=O) groups is 1. The number of hydrogen-bond donors (Lipinski definition) is 3. The number of amides is 1. The highest BCUT2D eigenvalue weighted by Gasteiger charge is 2.27. The number of rotatable bonds is 48. The average Bonchev–Trinajstić information content (AvgIpc) is 3.23. The van der Waals surface area contributed by atoms with Crippen LogP contribution in [0.5, 0.6) is 0 Å². The molecule has 0 aliphatic heterocycles. The predicted molar refractivity (Wildman–Crippen MR) is 268 cm³/mol. The molecular formula is C53H104N2O6P+. The van der Waals surface area contributed by atoms with Gasteiger partial charge in [-0.2, -0.15) is 0 Å². The number of phosphoric ester groups is 1. The van der Waals surface area contributed by atoms with Crippen molar-refractivity contribution >= 4 is 13.7 Å². The third-order valence-corrected chi connectivity index (χ3v) is 12.8. The molecule has 0 aromatic heterocycles. The highest BCUT2D eigenvalue weighted by molar-refractivity contribution is 7.47. The molecule has 0 saturated carbocycles. The van der Waals surface area contributed by atoms with Crippen LogP contribution >= 0.6 is 7.82 Å². The van der Waals surface area contributed by atoms with Crippen molar-refractivity contribution < 1.29 is 32.9 Å². The third-order valence-electron chi connectivity index (χ3n) is 11.8. The number of nitrogens with zero attached hydrogens (tertiary/aromatic N) is 1. The van der Waals surface area contributed by atoms with E-state index in [0.29, 0.717) is 17.4 Å². The van der Waals surface area contributed by atoms with Gasteiger partial charge in [-0.15, -0.1) is 0 Å². The molecule has 62 heavy (non-hydrogen) atoms. The van der Waals surface area contributed by atoms with Crippen LogP contribution in [-0.2, 0) is 18.4 Å². The number of unbranched alkanes of at least 4 members (excludes halogenated alkanes) is 31. The van der Waals surface area contributed by atoms with E-state index in [2.05, 4.69) is 43.5 Å². The Morgan fingerprint density at radius 1 is 0.532 bits per heavy atom. The zero-order valence-corrected chi connectivity index (χ0v) is 42.5. The molecule has 3 N–H and O–H groups in total. The first kappa shape index (κ1) is 60.7. The Bertz CT molecular complexity index is 1110. The van der Waals surface area contributed by atoms with E-state index in [0.717, 1.165) is 51.4 Å². The summed E-state index contributed by atoms with van der Waals surface area (Å²) in [7, 11) is 1.55. The number of quaternary nitrogens is 1. The highest BCUT2D eigenvalue weighted by atomic mass is 31.2. The van der Waals surface area contributed by atoms with Gasteiger partial charge in [-0.1, -0.05) is 237 Å². The van der Waals surface area contributed by atoms with Crippen molar-refractivity contribution in [2.45, 2.75) is 257 Å². The lowest BCUT2D eigenvalue weighted by atomic mass is 10.0. The van der Waals surface area contributed by atoms with E-state index >= 15 is 0 Å². The zero-order valence-electron chi connectivity index (χ0n) is 41.6. The fourth-order valence-corrected chi connectivity index (χ4v) is 8.39. The quantitative estimate of drug-likeness (QED) is 0.0243. The van der Waals surface area contributed by atoms with Gasteiger partial charge < -0.3 is 19.8 Å². The summed E-state index contributed by atoms with van der Waals surface area (Å²) in [6, 6.07) is -0.866. The van der Waals surface area contributed by atoms with E-state index in [9.17, 15) is 19.4 Å². The molecule has 0 aliphatic rings. The van der Waals surface area contributed by atoms with Gasteiger partial charge in [-0.3, -0.25) is 13.8 Å². The maximum Gasteiger partial charge on any atom is 0.472 e. The topological polar surface area (TPSA) is 105 Å². The molecule has 0 aromatic rings. The van der Waals surface area contributed by atoms with Gasteiger partial charge in [-0.05, 0) is 38.5 Å². The number of aliphatic hydroxyl groups is 1. The molecule has 0 radical (unpaired) electrons. The van der Waals surface area contributed by atoms with Crippen LogP contribution in [0.2, 0.25) is 0 Å². The third kappa shape index (κ3) is 46.7. The number of allylic oxidation sites excluding steroid dienone is 5. The average molecular weight is 896 g/mol. The van der Waals surface area contributed by atoms with Crippen molar-refractivity contribution in [2.75, 3.05) is 40.9 Å². The molecule has 0 aliphatic carbocycles. The number of aliphatic hydroxyl groups excluding tert-OH is 1. The molecule has 0 saturated heterocycles. The second-order valence-corrected chi connectivity index (χ2v) is 20.7. The molecule has 0 fully saturated rings.